The van der Waals surface area contributed by atoms with E-state index in [-0.39, 0.29) is 12.5 Å². The Hall–Kier alpha value is -0.810. The van der Waals surface area contributed by atoms with E-state index in [0.717, 1.165) is 38.5 Å². The van der Waals surface area contributed by atoms with E-state index in [1.807, 2.05) is 0 Å². The number of amides is 1. The van der Waals surface area contributed by atoms with Crippen molar-refractivity contribution in [3.05, 3.63) is 0 Å². The summed E-state index contributed by atoms with van der Waals surface area (Å²) in [5, 5.41) is 54.3. The van der Waals surface area contributed by atoms with Crippen LogP contribution in [-0.2, 0) is 14.3 Å². The number of unbranched alkanes of at least 4 members (excludes halogenated alkanes) is 31. The molecule has 1 saturated heterocycles. The van der Waals surface area contributed by atoms with Crippen LogP contribution in [-0.4, -0.2) is 87.5 Å². The lowest BCUT2D eigenvalue weighted by molar-refractivity contribution is -0.302. The maximum absolute atomic E-state index is 12.9. The molecule has 1 aliphatic heterocycles. The van der Waals surface area contributed by atoms with Gasteiger partial charge in [-0.3, -0.25) is 4.79 Å². The first-order valence-electron chi connectivity index (χ1n) is 24.2. The highest BCUT2D eigenvalue weighted by Crippen LogP contribution is 2.23. The summed E-state index contributed by atoms with van der Waals surface area (Å²) in [7, 11) is 0. The van der Waals surface area contributed by atoms with E-state index >= 15 is 0 Å². The molecule has 6 N–H and O–H groups in total. The number of nitrogens with one attached hydrogen (secondary N) is 1. The van der Waals surface area contributed by atoms with E-state index in [9.17, 15) is 30.3 Å². The van der Waals surface area contributed by atoms with Gasteiger partial charge in [-0.1, -0.05) is 219 Å². The van der Waals surface area contributed by atoms with Gasteiger partial charge in [-0.15, -0.1) is 0 Å². The maximum atomic E-state index is 12.9. The lowest BCUT2D eigenvalue weighted by Gasteiger charge is -2.40. The van der Waals surface area contributed by atoms with Crippen molar-refractivity contribution in [1.82, 2.24) is 5.32 Å². The summed E-state index contributed by atoms with van der Waals surface area (Å²) in [6.45, 7) is 3.83. The second kappa shape index (κ2) is 38.4. The lowest BCUT2D eigenvalue weighted by atomic mass is 9.99. The van der Waals surface area contributed by atoms with Gasteiger partial charge in [0, 0.05) is 6.42 Å². The standard InChI is InChI=1S/C47H93NO8/c1-3-5-7-9-11-13-14-15-16-17-18-19-20-21-22-23-24-25-26-27-29-30-32-34-36-41(50)40(39-55-47-46(54)45(53)44(52)42(38-49)56-47)48-43(51)37-35-33-31-28-12-10-8-6-4-2/h40-42,44-47,49-50,52-54H,3-39H2,1-2H3,(H,48,51). The average molecular weight is 800 g/mol. The molecule has 1 amide bonds. The lowest BCUT2D eigenvalue weighted by Crippen LogP contribution is -2.60. The Bertz CT molecular complexity index is 847. The first-order valence-corrected chi connectivity index (χ1v) is 24.2. The molecule has 0 aromatic heterocycles. The quantitative estimate of drug-likeness (QED) is 0.0335. The highest BCUT2D eigenvalue weighted by molar-refractivity contribution is 5.76. The number of ether oxygens (including phenoxy) is 2. The van der Waals surface area contributed by atoms with Gasteiger partial charge in [0.15, 0.2) is 6.29 Å². The predicted octanol–water partition coefficient (Wildman–Crippen LogP) is 10.3. The van der Waals surface area contributed by atoms with Crippen LogP contribution in [0.1, 0.15) is 239 Å². The van der Waals surface area contributed by atoms with Crippen molar-refractivity contribution in [2.75, 3.05) is 13.2 Å². The molecule has 1 heterocycles. The second-order valence-corrected chi connectivity index (χ2v) is 17.3. The highest BCUT2D eigenvalue weighted by Gasteiger charge is 2.44. The Balaban J connectivity index is 2.19. The van der Waals surface area contributed by atoms with E-state index in [1.165, 1.54) is 173 Å². The van der Waals surface area contributed by atoms with Gasteiger partial charge in [-0.05, 0) is 12.8 Å². The van der Waals surface area contributed by atoms with Gasteiger partial charge >= 0.3 is 0 Å². The normalized spacial score (nSPS) is 21.0. The summed E-state index contributed by atoms with van der Waals surface area (Å²) in [5.74, 6) is -0.144. The zero-order valence-electron chi connectivity index (χ0n) is 36.7. The van der Waals surface area contributed by atoms with Crippen LogP contribution in [0.15, 0.2) is 0 Å². The fraction of sp³-hybridized carbons (Fsp3) is 0.979. The molecule has 7 unspecified atom stereocenters. The van der Waals surface area contributed by atoms with E-state index < -0.39 is 49.5 Å². The average Bonchev–Trinajstić information content (AvgIpc) is 3.20. The molecule has 0 bridgehead atoms. The minimum Gasteiger partial charge on any atom is -0.394 e. The van der Waals surface area contributed by atoms with Crippen LogP contribution in [0.25, 0.3) is 0 Å². The van der Waals surface area contributed by atoms with Crippen molar-refractivity contribution in [2.24, 2.45) is 0 Å². The first kappa shape index (κ1) is 53.2. The predicted molar refractivity (Wildman–Crippen MR) is 231 cm³/mol. The summed E-state index contributed by atoms with van der Waals surface area (Å²) in [6, 6.07) is -0.710. The van der Waals surface area contributed by atoms with Crippen molar-refractivity contribution >= 4 is 5.91 Å². The molecule has 9 nitrogen and oxygen atoms in total. The number of rotatable bonds is 41. The van der Waals surface area contributed by atoms with Crippen molar-refractivity contribution in [2.45, 2.75) is 281 Å². The smallest absolute Gasteiger partial charge is 0.220 e. The Morgan fingerprint density at radius 2 is 0.893 bits per heavy atom. The van der Waals surface area contributed by atoms with Gasteiger partial charge < -0.3 is 40.3 Å². The minimum absolute atomic E-state index is 0.132. The monoisotopic (exact) mass is 800 g/mol. The third kappa shape index (κ3) is 28.6. The molecule has 0 aromatic rings. The van der Waals surface area contributed by atoms with Crippen molar-refractivity contribution in [3.8, 4) is 0 Å². The van der Waals surface area contributed by atoms with Crippen LogP contribution in [0, 0.1) is 0 Å². The fourth-order valence-corrected chi connectivity index (χ4v) is 8.04. The molecule has 0 aliphatic carbocycles. The van der Waals surface area contributed by atoms with Crippen LogP contribution in [0.3, 0.4) is 0 Å². The van der Waals surface area contributed by atoms with Gasteiger partial charge in [0.25, 0.3) is 0 Å². The van der Waals surface area contributed by atoms with Gasteiger partial charge in [-0.25, -0.2) is 0 Å². The van der Waals surface area contributed by atoms with Crippen LogP contribution >= 0.6 is 0 Å². The zero-order chi connectivity index (χ0) is 40.9. The number of hydrogen-bond donors (Lipinski definition) is 6. The second-order valence-electron chi connectivity index (χ2n) is 17.3. The number of carbonyl (C=O) groups excluding carboxylic acids is 1. The molecule has 1 rings (SSSR count). The van der Waals surface area contributed by atoms with Crippen molar-refractivity contribution < 1.29 is 39.8 Å². The van der Waals surface area contributed by atoms with Crippen molar-refractivity contribution in [1.29, 1.82) is 0 Å². The topological polar surface area (TPSA) is 149 Å². The van der Waals surface area contributed by atoms with Gasteiger partial charge in [0.2, 0.25) is 5.91 Å². The first-order chi connectivity index (χ1) is 27.3. The highest BCUT2D eigenvalue weighted by atomic mass is 16.7. The summed E-state index contributed by atoms with van der Waals surface area (Å²) < 4.78 is 11.2. The number of carbonyl (C=O) groups is 1. The zero-order valence-corrected chi connectivity index (χ0v) is 36.7. The minimum atomic E-state index is -1.55. The molecule has 1 aliphatic rings. The molecule has 1 fully saturated rings. The van der Waals surface area contributed by atoms with Gasteiger partial charge in [0.05, 0.1) is 25.4 Å². The SMILES string of the molecule is CCCCCCCCCCCCCCCCCCCCCCCCCCC(O)C(COC1OC(CO)C(O)C(O)C1O)NC(=O)CCCCCCCCCCC. The molecule has 0 saturated carbocycles. The Morgan fingerprint density at radius 3 is 1.27 bits per heavy atom. The maximum Gasteiger partial charge on any atom is 0.220 e. The molecular formula is C47H93NO8. The Labute approximate surface area is 344 Å². The largest absolute Gasteiger partial charge is 0.394 e. The summed E-state index contributed by atoms with van der Waals surface area (Å²) in [5.41, 5.74) is 0. The number of aliphatic hydroxyl groups excluding tert-OH is 5. The van der Waals surface area contributed by atoms with E-state index in [4.69, 9.17) is 9.47 Å². The number of hydrogen-bond acceptors (Lipinski definition) is 8. The molecule has 334 valence electrons. The van der Waals surface area contributed by atoms with Gasteiger partial charge in [-0.2, -0.15) is 0 Å². The van der Waals surface area contributed by atoms with Crippen LogP contribution < -0.4 is 5.32 Å². The number of aliphatic hydroxyl groups is 5. The molecule has 7 atom stereocenters. The summed E-state index contributed by atoms with van der Waals surface area (Å²) in [4.78, 5) is 12.9. The van der Waals surface area contributed by atoms with E-state index in [2.05, 4.69) is 19.2 Å². The van der Waals surface area contributed by atoms with Crippen LogP contribution in [0.5, 0.6) is 0 Å². The summed E-state index contributed by atoms with van der Waals surface area (Å²) >= 11 is 0. The summed E-state index contributed by atoms with van der Waals surface area (Å²) in [6.07, 6.45) is 35.6. The third-order valence-corrected chi connectivity index (χ3v) is 12.0. The third-order valence-electron chi connectivity index (χ3n) is 12.0. The fourth-order valence-electron chi connectivity index (χ4n) is 8.04. The molecule has 9 heteroatoms. The molecule has 56 heavy (non-hydrogen) atoms. The Kier molecular flexibility index (Phi) is 36.5. The molecule has 0 spiro atoms. The molecular weight excluding hydrogens is 707 g/mol. The van der Waals surface area contributed by atoms with Crippen LogP contribution in [0.2, 0.25) is 0 Å². The van der Waals surface area contributed by atoms with Crippen molar-refractivity contribution in [3.63, 3.8) is 0 Å². The van der Waals surface area contributed by atoms with E-state index in [1.54, 1.807) is 0 Å². The molecule has 0 aromatic carbocycles. The van der Waals surface area contributed by atoms with Crippen LogP contribution in [0.4, 0.5) is 0 Å². The molecule has 0 radical (unpaired) electrons. The Morgan fingerprint density at radius 1 is 0.536 bits per heavy atom. The van der Waals surface area contributed by atoms with Gasteiger partial charge in [0.1, 0.15) is 24.4 Å². The van der Waals surface area contributed by atoms with E-state index in [0.29, 0.717) is 12.8 Å².